The predicted molar refractivity (Wildman–Crippen MR) is 70.8 cm³/mol. The molecule has 21 heavy (non-hydrogen) atoms. The lowest BCUT2D eigenvalue weighted by Crippen LogP contribution is -2.40. The molecule has 0 aliphatic carbocycles. The molecule has 2 rings (SSSR count). The number of hydrogen-bond acceptors (Lipinski definition) is 3. The molecule has 0 bridgehead atoms. The van der Waals surface area contributed by atoms with Crippen LogP contribution in [0.25, 0.3) is 0 Å². The quantitative estimate of drug-likeness (QED) is 0.933. The number of amides is 1. The van der Waals surface area contributed by atoms with Gasteiger partial charge in [-0.2, -0.15) is 0 Å². The topological polar surface area (TPSA) is 55.6 Å². The molecule has 116 valence electrons. The van der Waals surface area contributed by atoms with Gasteiger partial charge in [-0.1, -0.05) is 0 Å². The van der Waals surface area contributed by atoms with Gasteiger partial charge in [0.1, 0.15) is 5.75 Å². The zero-order valence-electron chi connectivity index (χ0n) is 11.4. The highest BCUT2D eigenvalue weighted by Crippen LogP contribution is 2.24. The van der Waals surface area contributed by atoms with Crippen LogP contribution in [0.3, 0.4) is 0 Å². The monoisotopic (exact) mass is 302 g/mol. The fourth-order valence-corrected chi connectivity index (χ4v) is 2.35. The fraction of sp³-hybridized carbons (Fsp3) is 0.500. The largest absolute Gasteiger partial charge is 0.573 e. The summed E-state index contributed by atoms with van der Waals surface area (Å²) in [5.74, 6) is -0.0680. The van der Waals surface area contributed by atoms with Gasteiger partial charge >= 0.3 is 6.36 Å². The summed E-state index contributed by atoms with van der Waals surface area (Å²) in [6, 6.07) is 4.98. The first kappa shape index (κ1) is 15.6. The highest BCUT2D eigenvalue weighted by atomic mass is 19.4. The van der Waals surface area contributed by atoms with Crippen molar-refractivity contribution in [3.63, 3.8) is 0 Å². The van der Waals surface area contributed by atoms with Gasteiger partial charge in [0.2, 0.25) is 0 Å². The van der Waals surface area contributed by atoms with Gasteiger partial charge in [0.15, 0.2) is 0 Å². The molecule has 0 spiro atoms. The number of rotatable bonds is 3. The molecule has 1 fully saturated rings. The zero-order valence-corrected chi connectivity index (χ0v) is 11.4. The summed E-state index contributed by atoms with van der Waals surface area (Å²) in [4.78, 5) is 13.9. The minimum Gasteiger partial charge on any atom is -0.406 e. The highest BCUT2D eigenvalue weighted by Gasteiger charge is 2.31. The lowest BCUT2D eigenvalue weighted by Gasteiger charge is -2.31. The number of nitrogens with zero attached hydrogens (tertiary/aromatic N) is 1. The van der Waals surface area contributed by atoms with Crippen molar-refractivity contribution in [2.75, 3.05) is 19.6 Å². The van der Waals surface area contributed by atoms with Gasteiger partial charge in [0.25, 0.3) is 5.91 Å². The van der Waals surface area contributed by atoms with E-state index in [4.69, 9.17) is 5.73 Å². The van der Waals surface area contributed by atoms with Gasteiger partial charge in [0.05, 0.1) is 0 Å². The van der Waals surface area contributed by atoms with Gasteiger partial charge in [-0.05, 0) is 49.6 Å². The van der Waals surface area contributed by atoms with Crippen LogP contribution in [-0.4, -0.2) is 36.8 Å². The van der Waals surface area contributed by atoms with E-state index in [1.807, 2.05) is 0 Å². The Morgan fingerprint density at radius 1 is 1.24 bits per heavy atom. The Morgan fingerprint density at radius 2 is 1.81 bits per heavy atom. The van der Waals surface area contributed by atoms with Gasteiger partial charge < -0.3 is 15.4 Å². The van der Waals surface area contributed by atoms with E-state index in [0.717, 1.165) is 25.0 Å². The minimum atomic E-state index is -4.73. The summed E-state index contributed by atoms with van der Waals surface area (Å²) in [6.45, 7) is 1.87. The van der Waals surface area contributed by atoms with Crippen LogP contribution >= 0.6 is 0 Å². The number of hydrogen-bond donors (Lipinski definition) is 1. The second-order valence-corrected chi connectivity index (χ2v) is 5.04. The molecule has 0 saturated carbocycles. The van der Waals surface area contributed by atoms with Gasteiger partial charge in [-0.25, -0.2) is 0 Å². The van der Waals surface area contributed by atoms with E-state index in [1.165, 1.54) is 12.1 Å². The summed E-state index contributed by atoms with van der Waals surface area (Å²) >= 11 is 0. The normalized spacial score (nSPS) is 16.9. The molecule has 2 N–H and O–H groups in total. The fourth-order valence-electron chi connectivity index (χ4n) is 2.35. The smallest absolute Gasteiger partial charge is 0.406 e. The third-order valence-electron chi connectivity index (χ3n) is 3.57. The molecule has 1 aromatic rings. The predicted octanol–water partition coefficient (Wildman–Crippen LogP) is 2.40. The van der Waals surface area contributed by atoms with E-state index in [-0.39, 0.29) is 11.7 Å². The molecule has 7 heteroatoms. The van der Waals surface area contributed by atoms with Crippen molar-refractivity contribution in [1.82, 2.24) is 4.90 Å². The number of carbonyl (C=O) groups excluding carboxylic acids is 1. The Balaban J connectivity index is 1.97. The van der Waals surface area contributed by atoms with Crippen molar-refractivity contribution in [2.45, 2.75) is 19.2 Å². The van der Waals surface area contributed by atoms with E-state index in [1.54, 1.807) is 4.90 Å². The molecular weight excluding hydrogens is 285 g/mol. The maximum Gasteiger partial charge on any atom is 0.573 e. The molecule has 1 aliphatic heterocycles. The minimum absolute atomic E-state index is 0.177. The number of nitrogens with two attached hydrogens (primary N) is 1. The molecule has 0 atom stereocenters. The van der Waals surface area contributed by atoms with E-state index < -0.39 is 6.36 Å². The second-order valence-electron chi connectivity index (χ2n) is 5.04. The average molecular weight is 302 g/mol. The highest BCUT2D eigenvalue weighted by molar-refractivity contribution is 5.94. The van der Waals surface area contributed by atoms with Crippen molar-refractivity contribution in [1.29, 1.82) is 0 Å². The van der Waals surface area contributed by atoms with Crippen LogP contribution in [0.1, 0.15) is 23.2 Å². The van der Waals surface area contributed by atoms with Gasteiger partial charge in [0, 0.05) is 18.7 Å². The molecule has 0 radical (unpaired) electrons. The number of ether oxygens (including phenoxy) is 1. The molecule has 1 saturated heterocycles. The number of alkyl halides is 3. The zero-order chi connectivity index (χ0) is 15.5. The van der Waals surface area contributed by atoms with Crippen molar-refractivity contribution in [3.05, 3.63) is 29.8 Å². The van der Waals surface area contributed by atoms with Crippen LogP contribution in [0.15, 0.2) is 24.3 Å². The summed E-state index contributed by atoms with van der Waals surface area (Å²) < 4.78 is 39.9. The molecule has 0 unspecified atom stereocenters. The molecule has 1 aromatic carbocycles. The number of likely N-dealkylation sites (tertiary alicyclic amines) is 1. The molecule has 4 nitrogen and oxygen atoms in total. The summed E-state index contributed by atoms with van der Waals surface area (Å²) in [5, 5.41) is 0. The van der Waals surface area contributed by atoms with Crippen LogP contribution in [0.4, 0.5) is 13.2 Å². The Labute approximate surface area is 120 Å². The van der Waals surface area contributed by atoms with Crippen LogP contribution in [0.2, 0.25) is 0 Å². The van der Waals surface area contributed by atoms with Gasteiger partial charge in [-0.15, -0.1) is 13.2 Å². The number of halogens is 3. The Kier molecular flexibility index (Phi) is 4.72. The maximum absolute atomic E-state index is 12.2. The Bertz CT molecular complexity index is 480. The molecular formula is C14H17F3N2O2. The standard InChI is InChI=1S/C14H17F3N2O2/c15-14(16,17)21-12-3-1-11(2-4-12)13(20)19-7-5-10(9-18)6-8-19/h1-4,10H,5-9,18H2. The van der Waals surface area contributed by atoms with E-state index in [0.29, 0.717) is 31.1 Å². The molecule has 1 aliphatic rings. The van der Waals surface area contributed by atoms with E-state index in [2.05, 4.69) is 4.74 Å². The van der Waals surface area contributed by atoms with Crippen LogP contribution in [0.5, 0.6) is 5.75 Å². The molecule has 1 amide bonds. The average Bonchev–Trinajstić information content (AvgIpc) is 2.46. The first-order valence-electron chi connectivity index (χ1n) is 6.74. The van der Waals surface area contributed by atoms with Crippen LogP contribution in [0, 0.1) is 5.92 Å². The first-order valence-corrected chi connectivity index (χ1v) is 6.74. The summed E-state index contributed by atoms with van der Waals surface area (Å²) in [7, 11) is 0. The van der Waals surface area contributed by atoms with Gasteiger partial charge in [-0.3, -0.25) is 4.79 Å². The van der Waals surface area contributed by atoms with E-state index in [9.17, 15) is 18.0 Å². The lowest BCUT2D eigenvalue weighted by atomic mass is 9.96. The van der Waals surface area contributed by atoms with Crippen LogP contribution in [-0.2, 0) is 0 Å². The maximum atomic E-state index is 12.2. The number of carbonyl (C=O) groups is 1. The third kappa shape index (κ3) is 4.35. The van der Waals surface area contributed by atoms with Crippen LogP contribution < -0.4 is 10.5 Å². The van der Waals surface area contributed by atoms with Crippen molar-refractivity contribution < 1.29 is 22.7 Å². The second kappa shape index (κ2) is 6.34. The van der Waals surface area contributed by atoms with Crippen molar-refractivity contribution in [3.8, 4) is 5.75 Å². The van der Waals surface area contributed by atoms with E-state index >= 15 is 0 Å². The number of piperidine rings is 1. The number of benzene rings is 1. The lowest BCUT2D eigenvalue weighted by molar-refractivity contribution is -0.274. The van der Waals surface area contributed by atoms with Crippen molar-refractivity contribution >= 4 is 5.91 Å². The summed E-state index contributed by atoms with van der Waals surface area (Å²) in [6.07, 6.45) is -3.01. The third-order valence-corrected chi connectivity index (χ3v) is 3.57. The molecule has 0 aromatic heterocycles. The molecule has 1 heterocycles. The Hall–Kier alpha value is -1.76. The first-order chi connectivity index (χ1) is 9.89. The van der Waals surface area contributed by atoms with Crippen molar-refractivity contribution in [2.24, 2.45) is 11.7 Å². The summed E-state index contributed by atoms with van der Waals surface area (Å²) in [5.41, 5.74) is 5.95. The SMILES string of the molecule is NCC1CCN(C(=O)c2ccc(OC(F)(F)F)cc2)CC1. The Morgan fingerprint density at radius 3 is 2.29 bits per heavy atom.